The summed E-state index contributed by atoms with van der Waals surface area (Å²) in [5.41, 5.74) is 4.74. The monoisotopic (exact) mass is 314 g/mol. The molecule has 2 amide bonds. The van der Waals surface area contributed by atoms with E-state index in [9.17, 15) is 9.59 Å². The molecule has 1 saturated heterocycles. The van der Waals surface area contributed by atoms with Crippen molar-refractivity contribution in [3.8, 4) is 5.75 Å². The highest BCUT2D eigenvalue weighted by molar-refractivity contribution is 5.85. The number of amides is 2. The zero-order valence-electron chi connectivity index (χ0n) is 12.6. The highest BCUT2D eigenvalue weighted by Crippen LogP contribution is 2.20. The molecule has 2 aromatic carbocycles. The lowest BCUT2D eigenvalue weighted by molar-refractivity contribution is -0.132. The van der Waals surface area contributed by atoms with Gasteiger partial charge in [-0.15, -0.1) is 0 Å². The molecular weight excluding hydrogens is 296 g/mol. The second kappa shape index (κ2) is 7.11. The molecule has 2 aromatic rings. The molecule has 1 aliphatic rings. The van der Waals surface area contributed by atoms with Crippen LogP contribution in [0.5, 0.6) is 5.75 Å². The third kappa shape index (κ3) is 3.98. The van der Waals surface area contributed by atoms with Crippen LogP contribution in [0.4, 0.5) is 0 Å². The second-order valence-electron chi connectivity index (χ2n) is 5.40. The molecular formula is C17H18N2O4. The van der Waals surface area contributed by atoms with Crippen molar-refractivity contribution in [1.29, 1.82) is 0 Å². The average Bonchev–Trinajstić information content (AvgIpc) is 3.12. The van der Waals surface area contributed by atoms with Gasteiger partial charge < -0.3 is 9.47 Å². The Morgan fingerprint density at radius 2 is 1.96 bits per heavy atom. The third-order valence-corrected chi connectivity index (χ3v) is 3.72. The summed E-state index contributed by atoms with van der Waals surface area (Å²) in [7, 11) is 0. The lowest BCUT2D eigenvalue weighted by atomic mass is 10.1. The van der Waals surface area contributed by atoms with E-state index in [4.69, 9.17) is 9.47 Å². The van der Waals surface area contributed by atoms with Crippen molar-refractivity contribution in [3.63, 3.8) is 0 Å². The molecule has 2 N–H and O–H groups in total. The normalized spacial score (nSPS) is 17.0. The smallest absolute Gasteiger partial charge is 0.276 e. The van der Waals surface area contributed by atoms with Gasteiger partial charge in [-0.25, -0.2) is 0 Å². The molecule has 6 heteroatoms. The molecule has 0 aromatic heterocycles. The van der Waals surface area contributed by atoms with Crippen LogP contribution in [0.15, 0.2) is 42.5 Å². The molecule has 1 aliphatic heterocycles. The van der Waals surface area contributed by atoms with Crippen molar-refractivity contribution in [1.82, 2.24) is 10.9 Å². The maximum atomic E-state index is 11.7. The van der Waals surface area contributed by atoms with E-state index in [2.05, 4.69) is 10.9 Å². The van der Waals surface area contributed by atoms with E-state index in [-0.39, 0.29) is 18.4 Å². The Kier molecular flexibility index (Phi) is 4.73. The highest BCUT2D eigenvalue weighted by atomic mass is 16.5. The fourth-order valence-corrected chi connectivity index (χ4v) is 2.42. The number of hydrazine groups is 1. The highest BCUT2D eigenvalue weighted by Gasteiger charge is 2.23. The molecule has 1 atom stereocenters. The molecule has 0 spiro atoms. The Morgan fingerprint density at radius 1 is 1.13 bits per heavy atom. The van der Waals surface area contributed by atoms with E-state index in [0.717, 1.165) is 10.8 Å². The number of nitrogens with one attached hydrogen (secondary N) is 2. The second-order valence-corrected chi connectivity index (χ2v) is 5.40. The molecule has 1 fully saturated rings. The van der Waals surface area contributed by atoms with E-state index in [1.165, 1.54) is 0 Å². The molecule has 23 heavy (non-hydrogen) atoms. The predicted octanol–water partition coefficient (Wildman–Crippen LogP) is 1.40. The van der Waals surface area contributed by atoms with Gasteiger partial charge in [0.05, 0.1) is 12.5 Å². The quantitative estimate of drug-likeness (QED) is 0.837. The number of benzene rings is 2. The van der Waals surface area contributed by atoms with E-state index in [1.807, 2.05) is 42.5 Å². The summed E-state index contributed by atoms with van der Waals surface area (Å²) in [4.78, 5) is 23.4. The van der Waals surface area contributed by atoms with Crippen molar-refractivity contribution in [2.75, 3.05) is 19.8 Å². The van der Waals surface area contributed by atoms with Gasteiger partial charge in [-0.05, 0) is 29.3 Å². The molecule has 0 aliphatic carbocycles. The van der Waals surface area contributed by atoms with Gasteiger partial charge in [-0.1, -0.05) is 30.3 Å². The molecule has 3 rings (SSSR count). The van der Waals surface area contributed by atoms with Crippen molar-refractivity contribution in [3.05, 3.63) is 42.5 Å². The summed E-state index contributed by atoms with van der Waals surface area (Å²) >= 11 is 0. The molecule has 120 valence electrons. The van der Waals surface area contributed by atoms with Crippen molar-refractivity contribution in [2.24, 2.45) is 5.92 Å². The average molecular weight is 314 g/mol. The van der Waals surface area contributed by atoms with E-state index < -0.39 is 5.91 Å². The van der Waals surface area contributed by atoms with Gasteiger partial charge in [0.1, 0.15) is 5.75 Å². The fraction of sp³-hybridized carbons (Fsp3) is 0.294. The molecule has 1 heterocycles. The standard InChI is InChI=1S/C17H18N2O4/c20-16(18-19-17(21)14-7-8-22-10-14)11-23-15-6-5-12-3-1-2-4-13(12)9-15/h1-6,9,14H,7-8,10-11H2,(H,18,20)(H,19,21). The number of carbonyl (C=O) groups excluding carboxylic acids is 2. The van der Waals surface area contributed by atoms with Crippen LogP contribution in [0, 0.1) is 5.92 Å². The van der Waals surface area contributed by atoms with Gasteiger partial charge in [-0.3, -0.25) is 20.4 Å². The van der Waals surface area contributed by atoms with Crippen LogP contribution in [-0.4, -0.2) is 31.6 Å². The Balaban J connectivity index is 1.47. The number of hydrogen-bond acceptors (Lipinski definition) is 4. The predicted molar refractivity (Wildman–Crippen MR) is 84.7 cm³/mol. The van der Waals surface area contributed by atoms with Gasteiger partial charge in [0, 0.05) is 6.61 Å². The van der Waals surface area contributed by atoms with Gasteiger partial charge in [0.2, 0.25) is 5.91 Å². The van der Waals surface area contributed by atoms with Crippen molar-refractivity contribution >= 4 is 22.6 Å². The maximum Gasteiger partial charge on any atom is 0.276 e. The van der Waals surface area contributed by atoms with Crippen LogP contribution in [0.1, 0.15) is 6.42 Å². The zero-order chi connectivity index (χ0) is 16.1. The number of rotatable bonds is 4. The SMILES string of the molecule is O=C(COc1ccc2ccccc2c1)NNC(=O)C1CCOC1. The Hall–Kier alpha value is -2.60. The number of fused-ring (bicyclic) bond motifs is 1. The first kappa shape index (κ1) is 15.3. The first-order valence-electron chi connectivity index (χ1n) is 7.50. The zero-order valence-corrected chi connectivity index (χ0v) is 12.6. The van der Waals surface area contributed by atoms with Gasteiger partial charge >= 0.3 is 0 Å². The fourth-order valence-electron chi connectivity index (χ4n) is 2.42. The topological polar surface area (TPSA) is 76.7 Å². The summed E-state index contributed by atoms with van der Waals surface area (Å²) in [5.74, 6) is -0.238. The van der Waals surface area contributed by atoms with Crippen LogP contribution in [0.25, 0.3) is 10.8 Å². The number of hydrogen-bond donors (Lipinski definition) is 2. The minimum atomic E-state index is -0.412. The molecule has 0 saturated carbocycles. The van der Waals surface area contributed by atoms with Crippen molar-refractivity contribution in [2.45, 2.75) is 6.42 Å². The lowest BCUT2D eigenvalue weighted by Crippen LogP contribution is -2.46. The summed E-state index contributed by atoms with van der Waals surface area (Å²) in [6.45, 7) is 0.812. The minimum absolute atomic E-state index is 0.167. The van der Waals surface area contributed by atoms with Gasteiger partial charge in [0.15, 0.2) is 6.61 Å². The summed E-state index contributed by atoms with van der Waals surface area (Å²) < 4.78 is 10.6. The lowest BCUT2D eigenvalue weighted by Gasteiger charge is -2.11. The van der Waals surface area contributed by atoms with Crippen LogP contribution in [-0.2, 0) is 14.3 Å². The molecule has 0 bridgehead atoms. The molecule has 0 radical (unpaired) electrons. The Bertz CT molecular complexity index is 711. The number of carbonyl (C=O) groups is 2. The van der Waals surface area contributed by atoms with E-state index in [0.29, 0.717) is 25.4 Å². The van der Waals surface area contributed by atoms with Crippen molar-refractivity contribution < 1.29 is 19.1 Å². The molecule has 1 unspecified atom stereocenters. The van der Waals surface area contributed by atoms with Crippen LogP contribution in [0.3, 0.4) is 0 Å². The van der Waals surface area contributed by atoms with Crippen LogP contribution >= 0.6 is 0 Å². The summed E-state index contributed by atoms with van der Waals surface area (Å²) in [5, 5.41) is 2.15. The summed E-state index contributed by atoms with van der Waals surface area (Å²) in [6.07, 6.45) is 0.676. The largest absolute Gasteiger partial charge is 0.484 e. The minimum Gasteiger partial charge on any atom is -0.484 e. The summed E-state index contributed by atoms with van der Waals surface area (Å²) in [6, 6.07) is 13.5. The molecule has 6 nitrogen and oxygen atoms in total. The van der Waals surface area contributed by atoms with E-state index >= 15 is 0 Å². The van der Waals surface area contributed by atoms with Gasteiger partial charge in [0.25, 0.3) is 5.91 Å². The van der Waals surface area contributed by atoms with Crippen LogP contribution in [0.2, 0.25) is 0 Å². The first-order chi connectivity index (χ1) is 11.2. The third-order valence-electron chi connectivity index (χ3n) is 3.72. The van der Waals surface area contributed by atoms with Gasteiger partial charge in [-0.2, -0.15) is 0 Å². The first-order valence-corrected chi connectivity index (χ1v) is 7.50. The van der Waals surface area contributed by atoms with Crippen LogP contribution < -0.4 is 15.6 Å². The number of ether oxygens (including phenoxy) is 2. The van der Waals surface area contributed by atoms with E-state index in [1.54, 1.807) is 0 Å². The maximum absolute atomic E-state index is 11.7. The Morgan fingerprint density at radius 3 is 2.74 bits per heavy atom. The Labute approximate surface area is 133 Å².